The summed E-state index contributed by atoms with van der Waals surface area (Å²) in [6.07, 6.45) is 5.40. The van der Waals surface area contributed by atoms with Crippen LogP contribution in [0.15, 0.2) is 0 Å². The lowest BCUT2D eigenvalue weighted by Gasteiger charge is -2.06. The van der Waals surface area contributed by atoms with E-state index in [-0.39, 0.29) is 0 Å². The van der Waals surface area contributed by atoms with Crippen LogP contribution in [0.25, 0.3) is 0 Å². The quantitative estimate of drug-likeness (QED) is 0.729. The molecule has 0 saturated carbocycles. The summed E-state index contributed by atoms with van der Waals surface area (Å²) in [6, 6.07) is 0.704. The summed E-state index contributed by atoms with van der Waals surface area (Å²) in [5.74, 6) is 2.76. The maximum Gasteiger partial charge on any atom is 0.00450 e. The second-order valence-electron chi connectivity index (χ2n) is 3.33. The number of rotatable bonds is 4. The molecule has 1 rings (SSSR count). The lowest BCUT2D eigenvalue weighted by atomic mass is 10.1. The van der Waals surface area contributed by atoms with Crippen molar-refractivity contribution < 1.29 is 0 Å². The molecular weight excluding hydrogens is 198 g/mol. The monoisotopic (exact) mass is 221 g/mol. The second kappa shape index (κ2) is 10.7. The van der Waals surface area contributed by atoms with Crippen molar-refractivity contribution >= 4 is 21.6 Å². The normalized spacial score (nSPS) is 17.8. The molecule has 1 aliphatic heterocycles. The predicted molar refractivity (Wildman–Crippen MR) is 67.6 cm³/mol. The summed E-state index contributed by atoms with van der Waals surface area (Å²) in [4.78, 5) is 0. The highest BCUT2D eigenvalue weighted by atomic mass is 33.1. The summed E-state index contributed by atoms with van der Waals surface area (Å²) in [5, 5.41) is 3.20. The van der Waals surface area contributed by atoms with Crippen molar-refractivity contribution in [3.05, 3.63) is 0 Å². The summed E-state index contributed by atoms with van der Waals surface area (Å²) in [7, 11) is 6.00. The first-order valence-electron chi connectivity index (χ1n) is 5.23. The van der Waals surface area contributed by atoms with E-state index in [4.69, 9.17) is 0 Å². The van der Waals surface area contributed by atoms with Gasteiger partial charge in [-0.15, -0.1) is 0 Å². The third-order valence-electron chi connectivity index (χ3n) is 2.02. The van der Waals surface area contributed by atoms with Gasteiger partial charge < -0.3 is 5.32 Å². The topological polar surface area (TPSA) is 12.0 Å². The van der Waals surface area contributed by atoms with Crippen molar-refractivity contribution in [3.63, 3.8) is 0 Å². The number of nitrogens with one attached hydrogen (secondary N) is 1. The minimum absolute atomic E-state index is 0.704. The third kappa shape index (κ3) is 10.6. The molecule has 0 amide bonds. The molecule has 1 heterocycles. The van der Waals surface area contributed by atoms with Gasteiger partial charge in [0, 0.05) is 17.5 Å². The van der Waals surface area contributed by atoms with Crippen molar-refractivity contribution in [2.45, 2.75) is 45.6 Å². The fourth-order valence-corrected chi connectivity index (χ4v) is 3.31. The van der Waals surface area contributed by atoms with Crippen LogP contribution in [0.1, 0.15) is 39.5 Å². The molecule has 1 aliphatic rings. The lowest BCUT2D eigenvalue weighted by molar-refractivity contribution is 0.537. The Hall–Kier alpha value is 0.660. The van der Waals surface area contributed by atoms with Crippen molar-refractivity contribution in [1.82, 2.24) is 5.32 Å². The molecule has 0 bridgehead atoms. The minimum atomic E-state index is 0.704. The van der Waals surface area contributed by atoms with Gasteiger partial charge in [0.2, 0.25) is 0 Å². The van der Waals surface area contributed by atoms with Gasteiger partial charge in [0.15, 0.2) is 0 Å². The Morgan fingerprint density at radius 1 is 1.31 bits per heavy atom. The van der Waals surface area contributed by atoms with E-state index in [1.54, 1.807) is 0 Å². The van der Waals surface area contributed by atoms with Crippen LogP contribution in [0.3, 0.4) is 0 Å². The van der Waals surface area contributed by atoms with E-state index in [1.807, 2.05) is 28.6 Å². The van der Waals surface area contributed by atoms with Crippen LogP contribution in [0.5, 0.6) is 0 Å². The zero-order valence-electron chi connectivity index (χ0n) is 9.14. The molecule has 1 unspecified atom stereocenters. The van der Waals surface area contributed by atoms with E-state index in [9.17, 15) is 0 Å². The summed E-state index contributed by atoms with van der Waals surface area (Å²) in [5.41, 5.74) is 0. The second-order valence-corrected chi connectivity index (χ2v) is 6.03. The van der Waals surface area contributed by atoms with Crippen LogP contribution >= 0.6 is 21.6 Å². The number of hydrogen-bond donors (Lipinski definition) is 1. The largest absolute Gasteiger partial charge is 0.317 e. The molecule has 0 spiro atoms. The van der Waals surface area contributed by atoms with E-state index < -0.39 is 0 Å². The Balaban J connectivity index is 0.000000243. The van der Waals surface area contributed by atoms with Crippen LogP contribution in [0.2, 0.25) is 0 Å². The molecule has 0 aromatic carbocycles. The predicted octanol–water partition coefficient (Wildman–Crippen LogP) is 3.56. The van der Waals surface area contributed by atoms with E-state index in [0.29, 0.717) is 6.04 Å². The van der Waals surface area contributed by atoms with Crippen molar-refractivity contribution in [2.75, 3.05) is 18.6 Å². The van der Waals surface area contributed by atoms with Gasteiger partial charge >= 0.3 is 0 Å². The zero-order valence-corrected chi connectivity index (χ0v) is 10.8. The van der Waals surface area contributed by atoms with Crippen LogP contribution in [-0.2, 0) is 0 Å². The maximum atomic E-state index is 3.20. The van der Waals surface area contributed by atoms with Gasteiger partial charge in [-0.25, -0.2) is 0 Å². The minimum Gasteiger partial charge on any atom is -0.317 e. The van der Waals surface area contributed by atoms with Gasteiger partial charge in [0.05, 0.1) is 0 Å². The molecule has 1 nitrogen and oxygen atoms in total. The van der Waals surface area contributed by atoms with Crippen LogP contribution in [0, 0.1) is 0 Å². The first-order valence-corrected chi connectivity index (χ1v) is 7.71. The van der Waals surface area contributed by atoms with Crippen molar-refractivity contribution in [2.24, 2.45) is 0 Å². The summed E-state index contributed by atoms with van der Waals surface area (Å²) < 4.78 is 0. The zero-order chi connectivity index (χ0) is 9.94. The Bertz CT molecular complexity index is 87.3. The molecule has 1 saturated heterocycles. The molecule has 1 atom stereocenters. The molecule has 1 fully saturated rings. The SMILES string of the molecule is C1CSSC1.CCCCC(C)NC. The summed E-state index contributed by atoms with van der Waals surface area (Å²) >= 11 is 0. The molecule has 0 aliphatic carbocycles. The van der Waals surface area contributed by atoms with E-state index in [2.05, 4.69) is 19.2 Å². The third-order valence-corrected chi connectivity index (χ3v) is 4.60. The molecule has 80 valence electrons. The Morgan fingerprint density at radius 3 is 2.23 bits per heavy atom. The maximum absolute atomic E-state index is 3.20. The highest BCUT2D eigenvalue weighted by Gasteiger charge is 1.96. The fourth-order valence-electron chi connectivity index (χ4n) is 0.949. The molecule has 1 N–H and O–H groups in total. The average molecular weight is 221 g/mol. The number of unbranched alkanes of at least 4 members (excludes halogenated alkanes) is 1. The van der Waals surface area contributed by atoms with Crippen molar-refractivity contribution in [1.29, 1.82) is 0 Å². The van der Waals surface area contributed by atoms with Crippen LogP contribution in [-0.4, -0.2) is 24.6 Å². The van der Waals surface area contributed by atoms with Gasteiger partial charge in [0.1, 0.15) is 0 Å². The molecule has 0 radical (unpaired) electrons. The first-order chi connectivity index (χ1) is 6.31. The highest BCUT2D eigenvalue weighted by molar-refractivity contribution is 8.77. The molecule has 13 heavy (non-hydrogen) atoms. The Morgan fingerprint density at radius 2 is 1.92 bits per heavy atom. The first kappa shape index (κ1) is 13.7. The lowest BCUT2D eigenvalue weighted by Crippen LogP contribution is -2.20. The Kier molecular flexibility index (Phi) is 11.3. The number of hydrogen-bond acceptors (Lipinski definition) is 3. The molecule has 0 aromatic rings. The highest BCUT2D eigenvalue weighted by Crippen LogP contribution is 2.29. The van der Waals surface area contributed by atoms with E-state index >= 15 is 0 Å². The average Bonchev–Trinajstić information content (AvgIpc) is 2.72. The smallest absolute Gasteiger partial charge is 0.00450 e. The van der Waals surface area contributed by atoms with Gasteiger partial charge in [0.25, 0.3) is 0 Å². The molecule has 0 aromatic heterocycles. The summed E-state index contributed by atoms with van der Waals surface area (Å²) in [6.45, 7) is 4.44. The van der Waals surface area contributed by atoms with Crippen molar-refractivity contribution in [3.8, 4) is 0 Å². The van der Waals surface area contributed by atoms with Crippen LogP contribution in [0.4, 0.5) is 0 Å². The van der Waals surface area contributed by atoms with E-state index in [1.165, 1.54) is 37.2 Å². The Labute approximate surface area is 91.2 Å². The van der Waals surface area contributed by atoms with Gasteiger partial charge in [-0.1, -0.05) is 41.4 Å². The molecular formula is C10H23NS2. The van der Waals surface area contributed by atoms with E-state index in [0.717, 1.165) is 0 Å². The van der Waals surface area contributed by atoms with Gasteiger partial charge in [-0.05, 0) is 26.8 Å². The standard InChI is InChI=1S/C7H17N.C3H6S2/c1-4-5-6-7(2)8-3;1-2-4-5-3-1/h7-8H,4-6H2,1-3H3;1-3H2. The van der Waals surface area contributed by atoms with Gasteiger partial charge in [-0.3, -0.25) is 0 Å². The molecule has 3 heteroatoms. The fraction of sp³-hybridized carbons (Fsp3) is 1.00. The van der Waals surface area contributed by atoms with Gasteiger partial charge in [-0.2, -0.15) is 0 Å². The van der Waals surface area contributed by atoms with Crippen LogP contribution < -0.4 is 5.32 Å².